The molecular weight excluding hydrogens is 302 g/mol. The van der Waals surface area contributed by atoms with Gasteiger partial charge in [-0.1, -0.05) is 37.3 Å². The second-order valence-corrected chi connectivity index (χ2v) is 6.44. The molecule has 2 N–H and O–H groups in total. The first-order chi connectivity index (χ1) is 11.6. The number of rotatable bonds is 7. The van der Waals surface area contributed by atoms with E-state index in [0.717, 1.165) is 44.5 Å². The van der Waals surface area contributed by atoms with E-state index in [-0.39, 0.29) is 17.9 Å². The Balaban J connectivity index is 2.10. The maximum Gasteiger partial charge on any atom is 0.225 e. The number of carbonyl (C=O) groups excluding carboxylic acids is 2. The molecule has 1 aliphatic heterocycles. The molecule has 0 spiro atoms. The summed E-state index contributed by atoms with van der Waals surface area (Å²) in [5.41, 5.74) is 0.975. The van der Waals surface area contributed by atoms with Crippen LogP contribution in [0, 0.1) is 0 Å². The van der Waals surface area contributed by atoms with E-state index >= 15 is 0 Å². The van der Waals surface area contributed by atoms with Crippen LogP contribution >= 0.6 is 0 Å². The van der Waals surface area contributed by atoms with Crippen molar-refractivity contribution in [3.05, 3.63) is 35.9 Å². The van der Waals surface area contributed by atoms with Crippen molar-refractivity contribution in [1.82, 2.24) is 15.5 Å². The molecule has 1 aliphatic rings. The zero-order chi connectivity index (χ0) is 17.4. The largest absolute Gasteiger partial charge is 0.349 e. The molecule has 1 aromatic rings. The monoisotopic (exact) mass is 331 g/mol. The standard InChI is InChI=1S/C19H29N3O2/c1-3-13-22(17-9-11-20-12-10-17)19(24)14-18(21-15(2)23)16-7-5-4-6-8-16/h4-8,17-18,20H,3,9-14H2,1-2H3,(H,21,23). The highest BCUT2D eigenvalue weighted by Crippen LogP contribution is 2.21. The number of hydrogen-bond donors (Lipinski definition) is 2. The molecule has 0 radical (unpaired) electrons. The molecule has 1 unspecified atom stereocenters. The van der Waals surface area contributed by atoms with E-state index in [2.05, 4.69) is 17.6 Å². The lowest BCUT2D eigenvalue weighted by Gasteiger charge is -2.35. The molecule has 132 valence electrons. The Morgan fingerprint density at radius 1 is 1.25 bits per heavy atom. The number of hydrogen-bond acceptors (Lipinski definition) is 3. The third-order valence-electron chi connectivity index (χ3n) is 4.49. The maximum absolute atomic E-state index is 13.0. The molecule has 5 nitrogen and oxygen atoms in total. The summed E-state index contributed by atoms with van der Waals surface area (Å²) < 4.78 is 0. The fourth-order valence-corrected chi connectivity index (χ4v) is 3.34. The molecular formula is C19H29N3O2. The predicted molar refractivity (Wildman–Crippen MR) is 95.5 cm³/mol. The predicted octanol–water partition coefficient (Wildman–Crippen LogP) is 2.24. The molecule has 0 bridgehead atoms. The van der Waals surface area contributed by atoms with Gasteiger partial charge in [-0.3, -0.25) is 9.59 Å². The van der Waals surface area contributed by atoms with Crippen LogP contribution in [-0.2, 0) is 9.59 Å². The molecule has 5 heteroatoms. The molecule has 0 saturated carbocycles. The third kappa shape index (κ3) is 5.34. The van der Waals surface area contributed by atoms with Gasteiger partial charge in [-0.05, 0) is 37.9 Å². The minimum atomic E-state index is -0.266. The van der Waals surface area contributed by atoms with Crippen LogP contribution in [0.2, 0.25) is 0 Å². The van der Waals surface area contributed by atoms with Crippen molar-refractivity contribution in [2.75, 3.05) is 19.6 Å². The van der Waals surface area contributed by atoms with Gasteiger partial charge in [0.15, 0.2) is 0 Å². The Morgan fingerprint density at radius 3 is 2.50 bits per heavy atom. The summed E-state index contributed by atoms with van der Waals surface area (Å²) in [5.74, 6) is 0.0203. The lowest BCUT2D eigenvalue weighted by Crippen LogP contribution is -2.47. The first kappa shape index (κ1) is 18.5. The quantitative estimate of drug-likeness (QED) is 0.805. The molecule has 24 heavy (non-hydrogen) atoms. The Hall–Kier alpha value is -1.88. The summed E-state index contributed by atoms with van der Waals surface area (Å²) in [7, 11) is 0. The van der Waals surface area contributed by atoms with Crippen molar-refractivity contribution in [1.29, 1.82) is 0 Å². The van der Waals surface area contributed by atoms with E-state index in [1.165, 1.54) is 6.92 Å². The smallest absolute Gasteiger partial charge is 0.225 e. The van der Waals surface area contributed by atoms with Crippen molar-refractivity contribution >= 4 is 11.8 Å². The molecule has 1 aromatic carbocycles. The van der Waals surface area contributed by atoms with E-state index < -0.39 is 0 Å². The lowest BCUT2D eigenvalue weighted by atomic mass is 10.00. The van der Waals surface area contributed by atoms with E-state index in [9.17, 15) is 9.59 Å². The second kappa shape index (κ2) is 9.42. The molecule has 1 atom stereocenters. The molecule has 1 fully saturated rings. The lowest BCUT2D eigenvalue weighted by molar-refractivity contribution is -0.135. The Labute approximate surface area is 144 Å². The van der Waals surface area contributed by atoms with E-state index in [1.54, 1.807) is 0 Å². The summed E-state index contributed by atoms with van der Waals surface area (Å²) in [5, 5.41) is 6.28. The average molecular weight is 331 g/mol. The topological polar surface area (TPSA) is 61.4 Å². The van der Waals surface area contributed by atoms with Crippen LogP contribution in [0.5, 0.6) is 0 Å². The van der Waals surface area contributed by atoms with Gasteiger partial charge in [0.25, 0.3) is 0 Å². The first-order valence-corrected chi connectivity index (χ1v) is 8.94. The molecule has 1 saturated heterocycles. The number of benzene rings is 1. The summed E-state index contributed by atoms with van der Waals surface area (Å²) in [6.45, 7) is 6.31. The molecule has 2 amide bonds. The van der Waals surface area contributed by atoms with Gasteiger partial charge < -0.3 is 15.5 Å². The SMILES string of the molecule is CCCN(C(=O)CC(NC(C)=O)c1ccccc1)C1CCNCC1. The van der Waals surface area contributed by atoms with Crippen LogP contribution < -0.4 is 10.6 Å². The molecule has 0 aliphatic carbocycles. The fraction of sp³-hybridized carbons (Fsp3) is 0.579. The number of nitrogens with zero attached hydrogens (tertiary/aromatic N) is 1. The minimum Gasteiger partial charge on any atom is -0.349 e. The van der Waals surface area contributed by atoms with Crippen molar-refractivity contribution < 1.29 is 9.59 Å². The van der Waals surface area contributed by atoms with Crippen molar-refractivity contribution in [2.45, 2.75) is 51.6 Å². The number of piperidine rings is 1. The maximum atomic E-state index is 13.0. The number of carbonyl (C=O) groups is 2. The Kier molecular flexibility index (Phi) is 7.25. The van der Waals surface area contributed by atoms with Crippen molar-refractivity contribution in [3.63, 3.8) is 0 Å². The summed E-state index contributed by atoms with van der Waals surface area (Å²) >= 11 is 0. The highest BCUT2D eigenvalue weighted by molar-refractivity contribution is 5.79. The van der Waals surface area contributed by atoms with Gasteiger partial charge >= 0.3 is 0 Å². The van der Waals surface area contributed by atoms with Gasteiger partial charge in [0.2, 0.25) is 11.8 Å². The molecule has 1 heterocycles. The van der Waals surface area contributed by atoms with Crippen molar-refractivity contribution in [3.8, 4) is 0 Å². The van der Waals surface area contributed by atoms with Gasteiger partial charge in [0, 0.05) is 19.5 Å². The zero-order valence-corrected chi connectivity index (χ0v) is 14.8. The van der Waals surface area contributed by atoms with Gasteiger partial charge in [-0.2, -0.15) is 0 Å². The highest BCUT2D eigenvalue weighted by Gasteiger charge is 2.27. The van der Waals surface area contributed by atoms with Crippen LogP contribution in [0.1, 0.15) is 51.1 Å². The zero-order valence-electron chi connectivity index (χ0n) is 14.8. The highest BCUT2D eigenvalue weighted by atomic mass is 16.2. The molecule has 2 rings (SSSR count). The Bertz CT molecular complexity index is 527. The normalized spacial score (nSPS) is 16.4. The average Bonchev–Trinajstić information content (AvgIpc) is 2.60. The summed E-state index contributed by atoms with van der Waals surface area (Å²) in [6.07, 6.45) is 3.27. The van der Waals surface area contributed by atoms with Crippen LogP contribution in [0.15, 0.2) is 30.3 Å². The van der Waals surface area contributed by atoms with Gasteiger partial charge in [-0.15, -0.1) is 0 Å². The Morgan fingerprint density at radius 2 is 1.92 bits per heavy atom. The number of amides is 2. The second-order valence-electron chi connectivity index (χ2n) is 6.44. The van der Waals surface area contributed by atoms with E-state index in [0.29, 0.717) is 12.5 Å². The van der Waals surface area contributed by atoms with E-state index in [1.807, 2.05) is 35.2 Å². The van der Waals surface area contributed by atoms with Gasteiger partial charge in [-0.25, -0.2) is 0 Å². The van der Waals surface area contributed by atoms with E-state index in [4.69, 9.17) is 0 Å². The van der Waals surface area contributed by atoms with Gasteiger partial charge in [0.05, 0.1) is 12.5 Å². The minimum absolute atomic E-state index is 0.111. The summed E-state index contributed by atoms with van der Waals surface area (Å²) in [6, 6.07) is 9.78. The molecule has 0 aromatic heterocycles. The first-order valence-electron chi connectivity index (χ1n) is 8.94. The van der Waals surface area contributed by atoms with Crippen LogP contribution in [-0.4, -0.2) is 42.4 Å². The van der Waals surface area contributed by atoms with Crippen LogP contribution in [0.25, 0.3) is 0 Å². The number of nitrogens with one attached hydrogen (secondary N) is 2. The fourth-order valence-electron chi connectivity index (χ4n) is 3.34. The summed E-state index contributed by atoms with van der Waals surface area (Å²) in [4.78, 5) is 26.5. The van der Waals surface area contributed by atoms with Gasteiger partial charge in [0.1, 0.15) is 0 Å². The van der Waals surface area contributed by atoms with Crippen molar-refractivity contribution in [2.24, 2.45) is 0 Å². The van der Waals surface area contributed by atoms with Crippen LogP contribution in [0.3, 0.4) is 0 Å². The van der Waals surface area contributed by atoms with Crippen LogP contribution in [0.4, 0.5) is 0 Å². The third-order valence-corrected chi connectivity index (χ3v) is 4.49.